The lowest BCUT2D eigenvalue weighted by Gasteiger charge is -2.27. The summed E-state index contributed by atoms with van der Waals surface area (Å²) in [6, 6.07) is 16.9. The number of nitrogens with two attached hydrogens (primary N) is 1. The monoisotopic (exact) mass is 523 g/mol. The number of amides is 1. The number of rotatable bonds is 10. The molecule has 2 N–H and O–H groups in total. The molecule has 0 aliphatic rings. The molecule has 192 valence electrons. The molecule has 10 nitrogen and oxygen atoms in total. The van der Waals surface area contributed by atoms with Crippen molar-refractivity contribution in [1.29, 1.82) is 0 Å². The lowest BCUT2D eigenvalue weighted by atomic mass is 10.1. The smallest absolute Gasteiger partial charge is 0.269 e. The van der Waals surface area contributed by atoms with Gasteiger partial charge in [-0.3, -0.25) is 14.9 Å². The second kappa shape index (κ2) is 12.0. The first-order chi connectivity index (χ1) is 17.7. The number of non-ortho nitro benzene ring substituents is 1. The first kappa shape index (κ1) is 27.2. The van der Waals surface area contributed by atoms with E-state index < -0.39 is 26.9 Å². The minimum absolute atomic E-state index is 0.00984. The molecule has 3 aromatic rings. The zero-order valence-electron chi connectivity index (χ0n) is 20.2. The number of carbonyl (C=O) groups excluding carboxylic acids is 1. The van der Waals surface area contributed by atoms with Crippen LogP contribution in [0.15, 0.2) is 77.7 Å². The number of ether oxygens (including phenoxy) is 2. The molecule has 0 aliphatic heterocycles. The summed E-state index contributed by atoms with van der Waals surface area (Å²) in [6.45, 7) is -0.380. The van der Waals surface area contributed by atoms with E-state index in [1.165, 1.54) is 14.2 Å². The molecule has 0 saturated heterocycles. The molecule has 0 aliphatic carbocycles. The van der Waals surface area contributed by atoms with E-state index in [1.807, 2.05) is 0 Å². The molecule has 0 aromatic heterocycles. The van der Waals surface area contributed by atoms with Gasteiger partial charge in [-0.15, -0.1) is 0 Å². The topological polar surface area (TPSA) is 142 Å². The molecular formula is C26H25N3O7S. The molecular weight excluding hydrogens is 498 g/mol. The molecule has 0 fully saturated rings. The van der Waals surface area contributed by atoms with Gasteiger partial charge in [0.2, 0.25) is 15.9 Å². The van der Waals surface area contributed by atoms with Gasteiger partial charge in [-0.25, -0.2) is 8.42 Å². The highest BCUT2D eigenvalue weighted by atomic mass is 32.2. The Morgan fingerprint density at radius 3 is 2.30 bits per heavy atom. The van der Waals surface area contributed by atoms with E-state index >= 15 is 0 Å². The summed E-state index contributed by atoms with van der Waals surface area (Å²) in [5, 5.41) is 11.0. The Balaban J connectivity index is 2.04. The first-order valence-corrected chi connectivity index (χ1v) is 12.4. The van der Waals surface area contributed by atoms with E-state index in [-0.39, 0.29) is 23.5 Å². The summed E-state index contributed by atoms with van der Waals surface area (Å²) >= 11 is 0. The zero-order valence-corrected chi connectivity index (χ0v) is 21.0. The number of primary amides is 1. The number of methoxy groups -OCH3 is 2. The fourth-order valence-corrected chi connectivity index (χ4v) is 5.03. The molecule has 3 aromatic carbocycles. The van der Waals surface area contributed by atoms with Crippen molar-refractivity contribution in [2.24, 2.45) is 5.73 Å². The zero-order chi connectivity index (χ0) is 27.0. The predicted molar refractivity (Wildman–Crippen MR) is 137 cm³/mol. The minimum atomic E-state index is -4.33. The second-order valence-electron chi connectivity index (χ2n) is 7.78. The molecule has 0 radical (unpaired) electrons. The van der Waals surface area contributed by atoms with E-state index in [0.29, 0.717) is 22.6 Å². The molecule has 11 heteroatoms. The van der Waals surface area contributed by atoms with Gasteiger partial charge in [-0.05, 0) is 36.2 Å². The number of benzene rings is 3. The molecule has 3 rings (SSSR count). The Hall–Kier alpha value is -4.40. The van der Waals surface area contributed by atoms with E-state index in [4.69, 9.17) is 15.2 Å². The van der Waals surface area contributed by atoms with Crippen LogP contribution in [0.1, 0.15) is 11.1 Å². The van der Waals surface area contributed by atoms with Gasteiger partial charge in [0.25, 0.3) is 5.69 Å². The third-order valence-electron chi connectivity index (χ3n) is 5.47. The molecule has 0 bridgehead atoms. The predicted octanol–water partition coefficient (Wildman–Crippen LogP) is 2.75. The Morgan fingerprint density at radius 2 is 1.73 bits per heavy atom. The molecule has 37 heavy (non-hydrogen) atoms. The van der Waals surface area contributed by atoms with E-state index in [9.17, 15) is 23.3 Å². The highest BCUT2D eigenvalue weighted by molar-refractivity contribution is 7.89. The van der Waals surface area contributed by atoms with Gasteiger partial charge < -0.3 is 15.2 Å². The van der Waals surface area contributed by atoms with Crippen molar-refractivity contribution in [2.75, 3.05) is 20.8 Å². The third-order valence-corrected chi connectivity index (χ3v) is 7.34. The molecule has 1 amide bonds. The molecule has 1 atom stereocenters. The van der Waals surface area contributed by atoms with Crippen LogP contribution in [-0.4, -0.2) is 50.4 Å². The van der Waals surface area contributed by atoms with Crippen LogP contribution in [0, 0.1) is 22.0 Å². The van der Waals surface area contributed by atoms with Gasteiger partial charge in [-0.1, -0.05) is 42.2 Å². The Kier molecular flexibility index (Phi) is 8.84. The fraction of sp³-hybridized carbons (Fsp3) is 0.192. The minimum Gasteiger partial charge on any atom is -0.497 e. The van der Waals surface area contributed by atoms with Crippen molar-refractivity contribution in [1.82, 2.24) is 4.31 Å². The summed E-state index contributed by atoms with van der Waals surface area (Å²) in [6.07, 6.45) is 0.00984. The van der Waals surface area contributed by atoms with Crippen molar-refractivity contribution in [3.05, 3.63) is 94.0 Å². The maximum absolute atomic E-state index is 13.6. The van der Waals surface area contributed by atoms with Gasteiger partial charge in [0, 0.05) is 18.2 Å². The second-order valence-corrected chi connectivity index (χ2v) is 9.67. The fourth-order valence-electron chi connectivity index (χ4n) is 3.53. The number of hydrogen-bond donors (Lipinski definition) is 1. The molecule has 0 unspecified atom stereocenters. The summed E-state index contributed by atoms with van der Waals surface area (Å²) in [5.41, 5.74) is 6.57. The van der Waals surface area contributed by atoms with Crippen molar-refractivity contribution in [3.8, 4) is 23.3 Å². The number of sulfonamides is 1. The third kappa shape index (κ3) is 6.63. The first-order valence-electron chi connectivity index (χ1n) is 11.0. The maximum atomic E-state index is 13.6. The standard InChI is InChI=1S/C26H25N3O7S/c1-35-22-13-10-20(25(18-22)36-2)9-6-16-28(24(26(27)30)17-19-7-4-3-5-8-19)37(33,34)23-14-11-21(12-15-23)29(31)32/h3-5,7-8,10-15,18,24H,16-17H2,1-2H3,(H2,27,30)/t24-/m0/s1. The number of carbonyl (C=O) groups is 1. The SMILES string of the molecule is COc1ccc(C#CCN([C@@H](Cc2ccccc2)C(N)=O)S(=O)(=O)c2ccc([N+](=O)[O-])cc2)c(OC)c1. The van der Waals surface area contributed by atoms with Crippen LogP contribution >= 0.6 is 0 Å². The average Bonchev–Trinajstić information content (AvgIpc) is 2.90. The normalized spacial score (nSPS) is 11.8. The van der Waals surface area contributed by atoms with Crippen LogP contribution in [0.2, 0.25) is 0 Å². The number of nitro benzene ring substituents is 1. The molecule has 0 heterocycles. The van der Waals surface area contributed by atoms with E-state index in [1.54, 1.807) is 48.5 Å². The van der Waals surface area contributed by atoms with Gasteiger partial charge >= 0.3 is 0 Å². The van der Waals surface area contributed by atoms with Crippen LogP contribution in [0.4, 0.5) is 5.69 Å². The van der Waals surface area contributed by atoms with Gasteiger partial charge in [0.05, 0.1) is 36.1 Å². The maximum Gasteiger partial charge on any atom is 0.269 e. The molecule has 0 spiro atoms. The number of hydrogen-bond acceptors (Lipinski definition) is 7. The van der Waals surface area contributed by atoms with Crippen LogP contribution < -0.4 is 15.2 Å². The lowest BCUT2D eigenvalue weighted by molar-refractivity contribution is -0.384. The van der Waals surface area contributed by atoms with Crippen LogP contribution in [0.5, 0.6) is 11.5 Å². The largest absolute Gasteiger partial charge is 0.497 e. The van der Waals surface area contributed by atoms with Gasteiger partial charge in [0.1, 0.15) is 17.5 Å². The summed E-state index contributed by atoms with van der Waals surface area (Å²) in [5.74, 6) is 5.79. The quantitative estimate of drug-likeness (QED) is 0.245. The Labute approximate surface area is 214 Å². The van der Waals surface area contributed by atoms with E-state index in [0.717, 1.165) is 28.6 Å². The van der Waals surface area contributed by atoms with Crippen molar-refractivity contribution in [3.63, 3.8) is 0 Å². The average molecular weight is 524 g/mol. The Morgan fingerprint density at radius 1 is 1.05 bits per heavy atom. The van der Waals surface area contributed by atoms with Gasteiger partial charge in [0.15, 0.2) is 0 Å². The molecule has 0 saturated carbocycles. The van der Waals surface area contributed by atoms with Crippen molar-refractivity contribution < 1.29 is 27.6 Å². The van der Waals surface area contributed by atoms with Crippen LogP contribution in [0.25, 0.3) is 0 Å². The van der Waals surface area contributed by atoms with Crippen LogP contribution in [-0.2, 0) is 21.2 Å². The summed E-state index contributed by atoms with van der Waals surface area (Å²) in [7, 11) is -1.35. The Bertz CT molecular complexity index is 1430. The summed E-state index contributed by atoms with van der Waals surface area (Å²) in [4.78, 5) is 22.7. The lowest BCUT2D eigenvalue weighted by Crippen LogP contribution is -2.49. The number of nitro groups is 1. The summed E-state index contributed by atoms with van der Waals surface area (Å²) < 4.78 is 38.7. The number of nitrogens with zero attached hydrogens (tertiary/aromatic N) is 2. The van der Waals surface area contributed by atoms with E-state index in [2.05, 4.69) is 11.8 Å². The van der Waals surface area contributed by atoms with Crippen LogP contribution in [0.3, 0.4) is 0 Å². The highest BCUT2D eigenvalue weighted by Crippen LogP contribution is 2.25. The van der Waals surface area contributed by atoms with Crippen molar-refractivity contribution in [2.45, 2.75) is 17.4 Å². The van der Waals surface area contributed by atoms with Crippen molar-refractivity contribution >= 4 is 21.6 Å². The highest BCUT2D eigenvalue weighted by Gasteiger charge is 2.35. The van der Waals surface area contributed by atoms with Gasteiger partial charge in [-0.2, -0.15) is 4.31 Å².